The number of morpholine rings is 1. The van der Waals surface area contributed by atoms with Crippen LogP contribution in [0.25, 0.3) is 22.2 Å². The average molecular weight is 348 g/mol. The molecule has 5 heteroatoms. The van der Waals surface area contributed by atoms with Crippen LogP contribution in [0.3, 0.4) is 0 Å². The zero-order chi connectivity index (χ0) is 17.9. The van der Waals surface area contributed by atoms with Crippen LogP contribution in [0, 0.1) is 0 Å². The van der Waals surface area contributed by atoms with Crippen molar-refractivity contribution in [2.24, 2.45) is 0 Å². The monoisotopic (exact) mass is 348 g/mol. The Labute approximate surface area is 154 Å². The van der Waals surface area contributed by atoms with Gasteiger partial charge in [0.2, 0.25) is 0 Å². The number of fused-ring (bicyclic) bond motifs is 1. The maximum absolute atomic E-state index is 5.47. The highest BCUT2D eigenvalue weighted by atomic mass is 16.5. The van der Waals surface area contributed by atoms with Gasteiger partial charge in [-0.1, -0.05) is 12.1 Å². The van der Waals surface area contributed by atoms with Crippen LogP contribution in [0.15, 0.2) is 48.5 Å². The molecule has 5 nitrogen and oxygen atoms in total. The van der Waals surface area contributed by atoms with Gasteiger partial charge in [0.1, 0.15) is 0 Å². The van der Waals surface area contributed by atoms with Crippen LogP contribution < -0.4 is 15.5 Å². The van der Waals surface area contributed by atoms with Crippen molar-refractivity contribution in [2.75, 3.05) is 55.9 Å². The van der Waals surface area contributed by atoms with Gasteiger partial charge in [0.15, 0.2) is 0 Å². The number of benzene rings is 2. The molecule has 1 aromatic heterocycles. The molecule has 2 N–H and O–H groups in total. The Bertz CT molecular complexity index is 919. The fourth-order valence-electron chi connectivity index (χ4n) is 3.42. The summed E-state index contributed by atoms with van der Waals surface area (Å²) in [6.45, 7) is 3.44. The van der Waals surface area contributed by atoms with Crippen LogP contribution in [0.2, 0.25) is 0 Å². The number of hydrogen-bond acceptors (Lipinski definition) is 5. The smallest absolute Gasteiger partial charge is 0.0731 e. The second-order valence-corrected chi connectivity index (χ2v) is 6.44. The first kappa shape index (κ1) is 16.7. The van der Waals surface area contributed by atoms with E-state index in [1.807, 2.05) is 14.1 Å². The zero-order valence-corrected chi connectivity index (χ0v) is 15.2. The Morgan fingerprint density at radius 1 is 0.962 bits per heavy atom. The lowest BCUT2D eigenvalue weighted by molar-refractivity contribution is 0.122. The Kier molecular flexibility index (Phi) is 4.63. The molecule has 0 atom stereocenters. The SMILES string of the molecule is CNc1ccc2nc(-c3cccc(N4CCOCC4)c3)cc(NC)c2c1. The van der Waals surface area contributed by atoms with Crippen LogP contribution in [0.4, 0.5) is 17.1 Å². The summed E-state index contributed by atoms with van der Waals surface area (Å²) in [5, 5.41) is 7.62. The summed E-state index contributed by atoms with van der Waals surface area (Å²) in [5.74, 6) is 0. The fraction of sp³-hybridized carbons (Fsp3) is 0.286. The van der Waals surface area contributed by atoms with Gasteiger partial charge in [0, 0.05) is 55.2 Å². The number of nitrogens with zero attached hydrogens (tertiary/aromatic N) is 2. The van der Waals surface area contributed by atoms with E-state index in [2.05, 4.69) is 64.1 Å². The van der Waals surface area contributed by atoms with E-state index in [0.29, 0.717) is 0 Å². The molecule has 1 aliphatic rings. The van der Waals surface area contributed by atoms with Crippen LogP contribution in [0.1, 0.15) is 0 Å². The van der Waals surface area contributed by atoms with E-state index in [1.54, 1.807) is 0 Å². The summed E-state index contributed by atoms with van der Waals surface area (Å²) in [6, 6.07) is 17.0. The molecule has 3 aromatic rings. The van der Waals surface area contributed by atoms with Gasteiger partial charge in [-0.2, -0.15) is 0 Å². The molecule has 2 heterocycles. The summed E-state index contributed by atoms with van der Waals surface area (Å²) in [5.41, 5.74) is 6.49. The molecule has 0 bridgehead atoms. The second-order valence-electron chi connectivity index (χ2n) is 6.44. The van der Waals surface area contributed by atoms with Crippen molar-refractivity contribution in [3.8, 4) is 11.3 Å². The van der Waals surface area contributed by atoms with Crippen LogP contribution in [-0.4, -0.2) is 45.4 Å². The lowest BCUT2D eigenvalue weighted by Crippen LogP contribution is -2.36. The van der Waals surface area contributed by atoms with Crippen molar-refractivity contribution in [3.05, 3.63) is 48.5 Å². The number of anilines is 3. The van der Waals surface area contributed by atoms with Crippen molar-refractivity contribution in [3.63, 3.8) is 0 Å². The van der Waals surface area contributed by atoms with Crippen molar-refractivity contribution in [1.29, 1.82) is 0 Å². The first-order valence-corrected chi connectivity index (χ1v) is 9.02. The Hall–Kier alpha value is -2.79. The summed E-state index contributed by atoms with van der Waals surface area (Å²) in [4.78, 5) is 7.27. The molecule has 1 fully saturated rings. The second kappa shape index (κ2) is 7.22. The highest BCUT2D eigenvalue weighted by Crippen LogP contribution is 2.31. The standard InChI is InChI=1S/C21H24N4O/c1-22-16-6-7-19-18(13-16)21(23-2)14-20(24-19)15-4-3-5-17(12-15)25-8-10-26-11-9-25/h3-7,12-14,22H,8-11H2,1-2H3,(H,23,24). The number of rotatable bonds is 4. The van der Waals surface area contributed by atoms with Crippen molar-refractivity contribution >= 4 is 28.0 Å². The molecule has 0 spiro atoms. The number of hydrogen-bond donors (Lipinski definition) is 2. The topological polar surface area (TPSA) is 49.4 Å². The molecule has 1 aliphatic heterocycles. The van der Waals surface area contributed by atoms with Crippen molar-refractivity contribution < 1.29 is 4.74 Å². The average Bonchev–Trinajstić information content (AvgIpc) is 2.73. The minimum absolute atomic E-state index is 0.788. The Morgan fingerprint density at radius 2 is 1.81 bits per heavy atom. The number of nitrogens with one attached hydrogen (secondary N) is 2. The molecule has 134 valence electrons. The maximum Gasteiger partial charge on any atom is 0.0731 e. The zero-order valence-electron chi connectivity index (χ0n) is 15.2. The van der Waals surface area contributed by atoms with Crippen LogP contribution in [0.5, 0.6) is 0 Å². The van der Waals surface area contributed by atoms with Gasteiger partial charge in [-0.3, -0.25) is 0 Å². The van der Waals surface area contributed by atoms with E-state index in [4.69, 9.17) is 9.72 Å². The minimum Gasteiger partial charge on any atom is -0.388 e. The molecule has 0 radical (unpaired) electrons. The minimum atomic E-state index is 0.788. The lowest BCUT2D eigenvalue weighted by Gasteiger charge is -2.29. The predicted molar refractivity (Wildman–Crippen MR) is 109 cm³/mol. The van der Waals surface area contributed by atoms with E-state index in [0.717, 1.165) is 59.8 Å². The van der Waals surface area contributed by atoms with Crippen molar-refractivity contribution in [1.82, 2.24) is 4.98 Å². The predicted octanol–water partition coefficient (Wildman–Crippen LogP) is 3.82. The van der Waals surface area contributed by atoms with Crippen molar-refractivity contribution in [2.45, 2.75) is 0 Å². The first-order chi connectivity index (χ1) is 12.8. The summed E-state index contributed by atoms with van der Waals surface area (Å²) in [7, 11) is 3.88. The number of ether oxygens (including phenoxy) is 1. The highest BCUT2D eigenvalue weighted by molar-refractivity contribution is 5.95. The van der Waals surface area contributed by atoms with Crippen LogP contribution in [-0.2, 0) is 4.74 Å². The van der Waals surface area contributed by atoms with Gasteiger partial charge in [0.05, 0.1) is 24.4 Å². The number of pyridine rings is 1. The molecule has 1 saturated heterocycles. The van der Waals surface area contributed by atoms with E-state index in [-0.39, 0.29) is 0 Å². The summed E-state index contributed by atoms with van der Waals surface area (Å²) >= 11 is 0. The van der Waals surface area contributed by atoms with Gasteiger partial charge in [-0.05, 0) is 36.4 Å². The molecule has 4 rings (SSSR count). The molecular weight excluding hydrogens is 324 g/mol. The normalized spacial score (nSPS) is 14.5. The van der Waals surface area contributed by atoms with Crippen LogP contribution >= 0.6 is 0 Å². The molecular formula is C21H24N4O. The van der Waals surface area contributed by atoms with E-state index >= 15 is 0 Å². The Morgan fingerprint density at radius 3 is 2.58 bits per heavy atom. The molecule has 0 amide bonds. The van der Waals surface area contributed by atoms with Gasteiger partial charge in [0.25, 0.3) is 0 Å². The van der Waals surface area contributed by atoms with Gasteiger partial charge >= 0.3 is 0 Å². The van der Waals surface area contributed by atoms with E-state index in [9.17, 15) is 0 Å². The maximum atomic E-state index is 5.47. The first-order valence-electron chi connectivity index (χ1n) is 9.02. The van der Waals surface area contributed by atoms with E-state index in [1.165, 1.54) is 5.69 Å². The largest absolute Gasteiger partial charge is 0.388 e. The lowest BCUT2D eigenvalue weighted by atomic mass is 10.1. The van der Waals surface area contributed by atoms with Gasteiger partial charge in [-0.25, -0.2) is 4.98 Å². The van der Waals surface area contributed by atoms with E-state index < -0.39 is 0 Å². The molecule has 26 heavy (non-hydrogen) atoms. The van der Waals surface area contributed by atoms with Gasteiger partial charge in [-0.15, -0.1) is 0 Å². The molecule has 2 aromatic carbocycles. The molecule has 0 unspecified atom stereocenters. The number of aromatic nitrogens is 1. The third kappa shape index (κ3) is 3.18. The third-order valence-corrected chi connectivity index (χ3v) is 4.88. The summed E-state index contributed by atoms with van der Waals surface area (Å²) < 4.78 is 5.47. The summed E-state index contributed by atoms with van der Waals surface area (Å²) in [6.07, 6.45) is 0. The fourth-order valence-corrected chi connectivity index (χ4v) is 3.42. The molecule has 0 saturated carbocycles. The molecule has 0 aliphatic carbocycles. The highest BCUT2D eigenvalue weighted by Gasteiger charge is 2.13. The third-order valence-electron chi connectivity index (χ3n) is 4.88. The quantitative estimate of drug-likeness (QED) is 0.751. The van der Waals surface area contributed by atoms with Gasteiger partial charge < -0.3 is 20.3 Å². The Balaban J connectivity index is 1.76.